The van der Waals surface area contributed by atoms with Gasteiger partial charge in [0.25, 0.3) is 0 Å². The summed E-state index contributed by atoms with van der Waals surface area (Å²) >= 11 is 0. The van der Waals surface area contributed by atoms with Crippen molar-refractivity contribution in [2.24, 2.45) is 5.92 Å². The van der Waals surface area contributed by atoms with Gasteiger partial charge in [0.1, 0.15) is 0 Å². The Labute approximate surface area is 162 Å². The molecule has 0 unspecified atom stereocenters. The van der Waals surface area contributed by atoms with Crippen molar-refractivity contribution >= 4 is 17.9 Å². The van der Waals surface area contributed by atoms with E-state index in [2.05, 4.69) is 26.0 Å². The average molecular weight is 373 g/mol. The SMILES string of the molecule is C/C=C/c1ccc([C@@H]2[C@@H](CO)N(C(C)=O)[C@H]2CN(CC(C)C)C(C)=O)cc1. The number of carbonyl (C=O) groups is 2. The fraction of sp³-hybridized carbons (Fsp3) is 0.545. The first-order valence-corrected chi connectivity index (χ1v) is 9.68. The predicted octanol–water partition coefficient (Wildman–Crippen LogP) is 2.90. The Kier molecular flexibility index (Phi) is 7.19. The molecule has 5 heteroatoms. The molecule has 3 atom stereocenters. The monoisotopic (exact) mass is 372 g/mol. The Morgan fingerprint density at radius 1 is 1.19 bits per heavy atom. The summed E-state index contributed by atoms with van der Waals surface area (Å²) in [5.41, 5.74) is 2.21. The molecule has 1 saturated heterocycles. The third-order valence-corrected chi connectivity index (χ3v) is 5.21. The van der Waals surface area contributed by atoms with Gasteiger partial charge in [-0.25, -0.2) is 0 Å². The Balaban J connectivity index is 2.30. The van der Waals surface area contributed by atoms with Crippen LogP contribution in [0.25, 0.3) is 6.08 Å². The molecule has 148 valence electrons. The number of aliphatic hydroxyl groups excluding tert-OH is 1. The molecule has 1 fully saturated rings. The van der Waals surface area contributed by atoms with E-state index < -0.39 is 0 Å². The molecule has 0 radical (unpaired) electrons. The van der Waals surface area contributed by atoms with E-state index >= 15 is 0 Å². The van der Waals surface area contributed by atoms with E-state index in [1.165, 1.54) is 6.92 Å². The fourth-order valence-corrected chi connectivity index (χ4v) is 4.08. The lowest BCUT2D eigenvalue weighted by molar-refractivity contribution is -0.152. The molecule has 0 bridgehead atoms. The van der Waals surface area contributed by atoms with Gasteiger partial charge in [0.05, 0.1) is 18.7 Å². The van der Waals surface area contributed by atoms with Gasteiger partial charge >= 0.3 is 0 Å². The van der Waals surface area contributed by atoms with Crippen molar-refractivity contribution in [1.82, 2.24) is 9.80 Å². The predicted molar refractivity (Wildman–Crippen MR) is 108 cm³/mol. The zero-order valence-corrected chi connectivity index (χ0v) is 17.1. The normalized spacial score (nSPS) is 22.2. The molecule has 1 aromatic carbocycles. The molecule has 0 aromatic heterocycles. The number of aliphatic hydroxyl groups is 1. The zero-order valence-electron chi connectivity index (χ0n) is 17.1. The highest BCUT2D eigenvalue weighted by Gasteiger charge is 2.50. The molecule has 2 rings (SSSR count). The topological polar surface area (TPSA) is 60.9 Å². The van der Waals surface area contributed by atoms with E-state index in [-0.39, 0.29) is 36.4 Å². The molecule has 0 aliphatic carbocycles. The molecule has 27 heavy (non-hydrogen) atoms. The van der Waals surface area contributed by atoms with Crippen molar-refractivity contribution in [3.05, 3.63) is 41.5 Å². The molecule has 2 amide bonds. The van der Waals surface area contributed by atoms with Crippen LogP contribution in [-0.4, -0.2) is 58.5 Å². The number of rotatable bonds is 7. The summed E-state index contributed by atoms with van der Waals surface area (Å²) in [7, 11) is 0. The Morgan fingerprint density at radius 3 is 2.26 bits per heavy atom. The standard InChI is InChI=1S/C22H32N2O3/c1-6-7-18-8-10-19(11-9-18)22-20(24(17(5)27)21(22)14-25)13-23(16(4)26)12-15(2)3/h6-11,15,20-22,25H,12-14H2,1-5H3/b7-6+/t20-,21+,22-/m0/s1. The maximum atomic E-state index is 12.2. The van der Waals surface area contributed by atoms with Crippen molar-refractivity contribution in [2.75, 3.05) is 19.7 Å². The van der Waals surface area contributed by atoms with Crippen LogP contribution in [0.4, 0.5) is 0 Å². The zero-order chi connectivity index (χ0) is 20.1. The summed E-state index contributed by atoms with van der Waals surface area (Å²) in [6, 6.07) is 7.87. The molecule has 1 N–H and O–H groups in total. The van der Waals surface area contributed by atoms with Crippen LogP contribution in [0.3, 0.4) is 0 Å². The number of benzene rings is 1. The van der Waals surface area contributed by atoms with Crippen LogP contribution in [0.5, 0.6) is 0 Å². The fourth-order valence-electron chi connectivity index (χ4n) is 4.08. The lowest BCUT2D eigenvalue weighted by Crippen LogP contribution is -2.68. The Morgan fingerprint density at radius 2 is 1.81 bits per heavy atom. The number of amides is 2. The van der Waals surface area contributed by atoms with Crippen LogP contribution in [0.1, 0.15) is 51.7 Å². The van der Waals surface area contributed by atoms with Crippen LogP contribution >= 0.6 is 0 Å². The summed E-state index contributed by atoms with van der Waals surface area (Å²) in [6.45, 7) is 10.3. The Hall–Kier alpha value is -2.14. The van der Waals surface area contributed by atoms with Gasteiger partial charge in [-0.3, -0.25) is 9.59 Å². The molecular formula is C22H32N2O3. The summed E-state index contributed by atoms with van der Waals surface area (Å²) in [5.74, 6) is 0.329. The number of nitrogens with zero attached hydrogens (tertiary/aromatic N) is 2. The second-order valence-electron chi connectivity index (χ2n) is 7.75. The molecule has 0 saturated carbocycles. The highest BCUT2D eigenvalue weighted by molar-refractivity contribution is 5.77. The van der Waals surface area contributed by atoms with Gasteiger partial charge in [-0.1, -0.05) is 50.3 Å². The minimum absolute atomic E-state index is 0.0156. The Bertz CT molecular complexity index is 681. The number of likely N-dealkylation sites (tertiary alicyclic amines) is 1. The van der Waals surface area contributed by atoms with Gasteiger partial charge in [0.2, 0.25) is 11.8 Å². The van der Waals surface area contributed by atoms with E-state index in [9.17, 15) is 14.7 Å². The lowest BCUT2D eigenvalue weighted by Gasteiger charge is -2.55. The minimum atomic E-state index is -0.243. The van der Waals surface area contributed by atoms with E-state index in [1.54, 1.807) is 11.8 Å². The van der Waals surface area contributed by atoms with Gasteiger partial charge < -0.3 is 14.9 Å². The highest BCUT2D eigenvalue weighted by atomic mass is 16.3. The number of hydrogen-bond donors (Lipinski definition) is 1. The summed E-state index contributed by atoms with van der Waals surface area (Å²) in [6.07, 6.45) is 4.03. The van der Waals surface area contributed by atoms with Crippen molar-refractivity contribution in [3.8, 4) is 0 Å². The minimum Gasteiger partial charge on any atom is -0.394 e. The first kappa shape index (κ1) is 21.2. The highest BCUT2D eigenvalue weighted by Crippen LogP contribution is 2.41. The molecule has 1 aliphatic rings. The number of hydrogen-bond acceptors (Lipinski definition) is 3. The van der Waals surface area contributed by atoms with Gasteiger partial charge in [-0.2, -0.15) is 0 Å². The average Bonchev–Trinajstić information content (AvgIpc) is 2.58. The molecule has 5 nitrogen and oxygen atoms in total. The third kappa shape index (κ3) is 4.78. The van der Waals surface area contributed by atoms with Crippen molar-refractivity contribution in [3.63, 3.8) is 0 Å². The van der Waals surface area contributed by atoms with Crippen LogP contribution < -0.4 is 0 Å². The van der Waals surface area contributed by atoms with Crippen molar-refractivity contribution in [2.45, 2.75) is 52.6 Å². The van der Waals surface area contributed by atoms with Gasteiger partial charge in [0, 0.05) is 32.9 Å². The largest absolute Gasteiger partial charge is 0.394 e. The molecular weight excluding hydrogens is 340 g/mol. The second kappa shape index (κ2) is 9.18. The maximum absolute atomic E-state index is 12.2. The van der Waals surface area contributed by atoms with Crippen LogP contribution in [0.2, 0.25) is 0 Å². The molecule has 1 aromatic rings. The molecule has 1 aliphatic heterocycles. The summed E-state index contributed by atoms with van der Waals surface area (Å²) < 4.78 is 0. The van der Waals surface area contributed by atoms with E-state index in [4.69, 9.17) is 0 Å². The first-order valence-electron chi connectivity index (χ1n) is 9.68. The van der Waals surface area contributed by atoms with Crippen LogP contribution in [0, 0.1) is 5.92 Å². The quantitative estimate of drug-likeness (QED) is 0.801. The van der Waals surface area contributed by atoms with Gasteiger partial charge in [0.15, 0.2) is 0 Å². The van der Waals surface area contributed by atoms with Crippen molar-refractivity contribution < 1.29 is 14.7 Å². The lowest BCUT2D eigenvalue weighted by atomic mass is 9.74. The van der Waals surface area contributed by atoms with Crippen molar-refractivity contribution in [1.29, 1.82) is 0 Å². The maximum Gasteiger partial charge on any atom is 0.220 e. The molecule has 0 spiro atoms. The van der Waals surface area contributed by atoms with Crippen LogP contribution in [-0.2, 0) is 9.59 Å². The van der Waals surface area contributed by atoms with E-state index in [0.29, 0.717) is 19.0 Å². The van der Waals surface area contributed by atoms with E-state index in [1.807, 2.05) is 36.1 Å². The first-order chi connectivity index (χ1) is 12.8. The second-order valence-corrected chi connectivity index (χ2v) is 7.75. The third-order valence-electron chi connectivity index (χ3n) is 5.21. The van der Waals surface area contributed by atoms with Gasteiger partial charge in [-0.05, 0) is 24.0 Å². The summed E-state index contributed by atoms with van der Waals surface area (Å²) in [4.78, 5) is 27.9. The van der Waals surface area contributed by atoms with Gasteiger partial charge in [-0.15, -0.1) is 0 Å². The van der Waals surface area contributed by atoms with E-state index in [0.717, 1.165) is 11.1 Å². The summed E-state index contributed by atoms with van der Waals surface area (Å²) in [5, 5.41) is 9.90. The number of carbonyl (C=O) groups excluding carboxylic acids is 2. The smallest absolute Gasteiger partial charge is 0.220 e. The number of allylic oxidation sites excluding steroid dienone is 1. The van der Waals surface area contributed by atoms with Crippen LogP contribution in [0.15, 0.2) is 30.3 Å². The molecule has 1 heterocycles.